The lowest BCUT2D eigenvalue weighted by atomic mass is 9.90. The third-order valence-electron chi connectivity index (χ3n) is 3.24. The van der Waals surface area contributed by atoms with E-state index in [1.165, 1.54) is 0 Å². The lowest BCUT2D eigenvalue weighted by Crippen LogP contribution is -2.31. The van der Waals surface area contributed by atoms with Crippen molar-refractivity contribution < 1.29 is 14.7 Å². The molecule has 0 saturated heterocycles. The second-order valence-electron chi connectivity index (χ2n) is 4.83. The van der Waals surface area contributed by atoms with Crippen LogP contribution in [0.15, 0.2) is 54.6 Å². The lowest BCUT2D eigenvalue weighted by Gasteiger charge is -2.17. The summed E-state index contributed by atoms with van der Waals surface area (Å²) in [5, 5.41) is 11.9. The number of nitrogens with one attached hydrogen (secondary N) is 1. The van der Waals surface area contributed by atoms with Crippen molar-refractivity contribution in [2.45, 2.75) is 12.3 Å². The van der Waals surface area contributed by atoms with Crippen LogP contribution in [0.2, 0.25) is 5.02 Å². The summed E-state index contributed by atoms with van der Waals surface area (Å²) in [4.78, 5) is 23.0. The maximum atomic E-state index is 12.5. The first-order valence-corrected chi connectivity index (χ1v) is 7.25. The molecule has 0 heterocycles. The van der Waals surface area contributed by atoms with E-state index in [-0.39, 0.29) is 18.9 Å². The normalized spacial score (nSPS) is 11.7. The van der Waals surface area contributed by atoms with Crippen LogP contribution in [-0.2, 0) is 9.59 Å². The van der Waals surface area contributed by atoms with E-state index in [1.807, 2.05) is 30.3 Å². The summed E-state index contributed by atoms with van der Waals surface area (Å²) < 4.78 is 0. The van der Waals surface area contributed by atoms with Crippen LogP contribution in [-0.4, -0.2) is 23.5 Å². The fourth-order valence-electron chi connectivity index (χ4n) is 2.19. The first-order chi connectivity index (χ1) is 10.6. The highest BCUT2D eigenvalue weighted by Gasteiger charge is 2.22. The zero-order valence-electron chi connectivity index (χ0n) is 11.8. The molecule has 0 aromatic heterocycles. The quantitative estimate of drug-likeness (QED) is 0.860. The number of carbonyl (C=O) groups is 2. The summed E-state index contributed by atoms with van der Waals surface area (Å²) in [5.41, 5.74) is 1.65. The summed E-state index contributed by atoms with van der Waals surface area (Å²) in [6, 6.07) is 16.4. The SMILES string of the molecule is O=C(O)CCNC(=O)C(c1ccccc1)c1ccc(Cl)cc1. The second-order valence-corrected chi connectivity index (χ2v) is 5.27. The van der Waals surface area contributed by atoms with Gasteiger partial charge < -0.3 is 10.4 Å². The Kier molecular flexibility index (Phi) is 5.55. The summed E-state index contributed by atoms with van der Waals surface area (Å²) in [7, 11) is 0. The van der Waals surface area contributed by atoms with Crippen molar-refractivity contribution in [1.82, 2.24) is 5.32 Å². The Hall–Kier alpha value is -2.33. The Morgan fingerprint density at radius 2 is 1.59 bits per heavy atom. The van der Waals surface area contributed by atoms with Crippen LogP contribution >= 0.6 is 11.6 Å². The van der Waals surface area contributed by atoms with E-state index >= 15 is 0 Å². The fourth-order valence-corrected chi connectivity index (χ4v) is 2.32. The van der Waals surface area contributed by atoms with Gasteiger partial charge in [-0.2, -0.15) is 0 Å². The first kappa shape index (κ1) is 16.0. The Morgan fingerprint density at radius 1 is 1.00 bits per heavy atom. The summed E-state index contributed by atoms with van der Waals surface area (Å²) in [5.74, 6) is -1.66. The molecule has 1 amide bonds. The summed E-state index contributed by atoms with van der Waals surface area (Å²) in [6.07, 6.45) is -0.103. The molecular formula is C17H16ClNO3. The van der Waals surface area contributed by atoms with Gasteiger partial charge in [0.15, 0.2) is 0 Å². The van der Waals surface area contributed by atoms with E-state index in [1.54, 1.807) is 24.3 Å². The highest BCUT2D eigenvalue weighted by atomic mass is 35.5. The predicted octanol–water partition coefficient (Wildman–Crippen LogP) is 3.06. The van der Waals surface area contributed by atoms with Crippen molar-refractivity contribution in [3.63, 3.8) is 0 Å². The van der Waals surface area contributed by atoms with E-state index in [4.69, 9.17) is 16.7 Å². The predicted molar refractivity (Wildman–Crippen MR) is 85.0 cm³/mol. The molecule has 1 unspecified atom stereocenters. The van der Waals surface area contributed by atoms with Gasteiger partial charge in [-0.1, -0.05) is 54.1 Å². The number of carboxylic acids is 1. The van der Waals surface area contributed by atoms with E-state index in [2.05, 4.69) is 5.32 Å². The highest BCUT2D eigenvalue weighted by Crippen LogP contribution is 2.26. The van der Waals surface area contributed by atoms with Crippen molar-refractivity contribution in [2.75, 3.05) is 6.54 Å². The molecule has 0 bridgehead atoms. The molecule has 0 fully saturated rings. The minimum atomic E-state index is -0.942. The van der Waals surface area contributed by atoms with E-state index in [9.17, 15) is 9.59 Å². The van der Waals surface area contributed by atoms with Crippen LogP contribution in [0.25, 0.3) is 0 Å². The van der Waals surface area contributed by atoms with Crippen LogP contribution in [0, 0.1) is 0 Å². The lowest BCUT2D eigenvalue weighted by molar-refractivity contribution is -0.136. The van der Waals surface area contributed by atoms with Crippen molar-refractivity contribution in [3.8, 4) is 0 Å². The van der Waals surface area contributed by atoms with Gasteiger partial charge in [0.05, 0.1) is 12.3 Å². The number of carbonyl (C=O) groups excluding carboxylic acids is 1. The minimum Gasteiger partial charge on any atom is -0.481 e. The third-order valence-corrected chi connectivity index (χ3v) is 3.49. The number of rotatable bonds is 6. The van der Waals surface area contributed by atoms with Crippen molar-refractivity contribution in [1.29, 1.82) is 0 Å². The van der Waals surface area contributed by atoms with Gasteiger partial charge in [-0.15, -0.1) is 0 Å². The van der Waals surface area contributed by atoms with Crippen LogP contribution in [0.5, 0.6) is 0 Å². The zero-order valence-corrected chi connectivity index (χ0v) is 12.6. The number of hydrogen-bond acceptors (Lipinski definition) is 2. The Morgan fingerprint density at radius 3 is 2.18 bits per heavy atom. The molecule has 5 heteroatoms. The fraction of sp³-hybridized carbons (Fsp3) is 0.176. The number of hydrogen-bond donors (Lipinski definition) is 2. The topological polar surface area (TPSA) is 66.4 Å². The average Bonchev–Trinajstić information content (AvgIpc) is 2.50. The molecule has 2 rings (SSSR count). The van der Waals surface area contributed by atoms with Crippen molar-refractivity contribution in [2.24, 2.45) is 0 Å². The molecule has 0 spiro atoms. The monoisotopic (exact) mass is 317 g/mol. The molecule has 0 aliphatic carbocycles. The van der Waals surface area contributed by atoms with E-state index in [0.29, 0.717) is 5.02 Å². The standard InChI is InChI=1S/C17H16ClNO3/c18-14-8-6-13(7-9-14)16(12-4-2-1-3-5-12)17(22)19-11-10-15(20)21/h1-9,16H,10-11H2,(H,19,22)(H,20,21). The molecule has 1 atom stereocenters. The molecule has 0 radical (unpaired) electrons. The number of benzene rings is 2. The second kappa shape index (κ2) is 7.61. The maximum absolute atomic E-state index is 12.5. The van der Waals surface area contributed by atoms with Crippen molar-refractivity contribution in [3.05, 3.63) is 70.7 Å². The Labute approximate surface area is 133 Å². The molecule has 2 aromatic carbocycles. The molecule has 114 valence electrons. The summed E-state index contributed by atoms with van der Waals surface area (Å²) >= 11 is 5.89. The molecule has 0 saturated carbocycles. The average molecular weight is 318 g/mol. The smallest absolute Gasteiger partial charge is 0.305 e. The van der Waals surface area contributed by atoms with Crippen LogP contribution < -0.4 is 5.32 Å². The van der Waals surface area contributed by atoms with Crippen LogP contribution in [0.4, 0.5) is 0 Å². The zero-order chi connectivity index (χ0) is 15.9. The molecule has 0 aliphatic rings. The molecule has 4 nitrogen and oxygen atoms in total. The summed E-state index contributed by atoms with van der Waals surface area (Å²) in [6.45, 7) is 0.102. The van der Waals surface area contributed by atoms with Gasteiger partial charge in [0.2, 0.25) is 5.91 Å². The molecule has 2 aromatic rings. The number of aliphatic carboxylic acids is 1. The minimum absolute atomic E-state index is 0.102. The van der Waals surface area contributed by atoms with Crippen LogP contribution in [0.3, 0.4) is 0 Å². The van der Waals surface area contributed by atoms with Gasteiger partial charge in [0.1, 0.15) is 0 Å². The first-order valence-electron chi connectivity index (χ1n) is 6.88. The van der Waals surface area contributed by atoms with Gasteiger partial charge in [0, 0.05) is 11.6 Å². The number of amides is 1. The number of carboxylic acid groups (broad SMARTS) is 1. The van der Waals surface area contributed by atoms with Crippen LogP contribution in [0.1, 0.15) is 23.5 Å². The molecular weight excluding hydrogens is 302 g/mol. The Balaban J connectivity index is 2.24. The molecule has 2 N–H and O–H groups in total. The van der Waals surface area contributed by atoms with Crippen molar-refractivity contribution >= 4 is 23.5 Å². The van der Waals surface area contributed by atoms with E-state index < -0.39 is 11.9 Å². The van der Waals surface area contributed by atoms with Gasteiger partial charge >= 0.3 is 5.97 Å². The molecule has 22 heavy (non-hydrogen) atoms. The third kappa shape index (κ3) is 4.33. The van der Waals surface area contributed by atoms with E-state index in [0.717, 1.165) is 11.1 Å². The highest BCUT2D eigenvalue weighted by molar-refractivity contribution is 6.30. The number of halogens is 1. The largest absolute Gasteiger partial charge is 0.481 e. The van der Waals surface area contributed by atoms with Gasteiger partial charge in [-0.25, -0.2) is 0 Å². The Bertz CT molecular complexity index is 641. The van der Waals surface area contributed by atoms with Gasteiger partial charge in [0.25, 0.3) is 0 Å². The molecule has 0 aliphatic heterocycles. The van der Waals surface area contributed by atoms with Gasteiger partial charge in [-0.05, 0) is 23.3 Å². The maximum Gasteiger partial charge on any atom is 0.305 e. The van der Waals surface area contributed by atoms with Gasteiger partial charge in [-0.3, -0.25) is 9.59 Å².